The molecule has 8 nitrogen and oxygen atoms in total. The van der Waals surface area contributed by atoms with E-state index in [0.29, 0.717) is 18.8 Å². The number of hydrogen-bond acceptors (Lipinski definition) is 5. The van der Waals surface area contributed by atoms with E-state index >= 15 is 0 Å². The average Bonchev–Trinajstić information content (AvgIpc) is 2.81. The van der Waals surface area contributed by atoms with Gasteiger partial charge in [0, 0.05) is 50.3 Å². The van der Waals surface area contributed by atoms with E-state index in [9.17, 15) is 14.4 Å². The average molecular weight is 438 g/mol. The van der Waals surface area contributed by atoms with E-state index in [2.05, 4.69) is 27.4 Å². The molecule has 0 aromatic heterocycles. The zero-order valence-corrected chi connectivity index (χ0v) is 18.5. The Morgan fingerprint density at radius 1 is 1.00 bits per heavy atom. The van der Waals surface area contributed by atoms with Gasteiger partial charge in [-0.15, -0.1) is 0 Å². The van der Waals surface area contributed by atoms with Crippen LogP contribution in [-0.2, 0) is 14.4 Å². The summed E-state index contributed by atoms with van der Waals surface area (Å²) in [5, 5.41) is 7.70. The van der Waals surface area contributed by atoms with Crippen molar-refractivity contribution in [2.45, 2.75) is 19.4 Å². The summed E-state index contributed by atoms with van der Waals surface area (Å²) in [7, 11) is 0. The summed E-state index contributed by atoms with van der Waals surface area (Å²) in [5.74, 6) is -0.640. The zero-order valence-electron chi connectivity index (χ0n) is 18.5. The number of rotatable bonds is 6. The molecule has 8 heteroatoms. The summed E-state index contributed by atoms with van der Waals surface area (Å²) in [4.78, 5) is 44.5. The Bertz CT molecular complexity index is 981. The molecule has 0 bridgehead atoms. The van der Waals surface area contributed by atoms with Crippen molar-refractivity contribution < 1.29 is 14.4 Å². The summed E-state index contributed by atoms with van der Waals surface area (Å²) in [6.45, 7) is 7.84. The molecule has 1 atom stereocenters. The van der Waals surface area contributed by atoms with E-state index in [1.165, 1.54) is 0 Å². The van der Waals surface area contributed by atoms with Crippen LogP contribution in [-0.4, -0.2) is 90.8 Å². The Balaban J connectivity index is 1.40. The molecule has 170 valence electrons. The smallest absolute Gasteiger partial charge is 0.243 e. The Hall–Kier alpha value is -2.97. The first-order chi connectivity index (χ1) is 15.5. The summed E-state index contributed by atoms with van der Waals surface area (Å²) in [5.41, 5.74) is 0.705. The zero-order chi connectivity index (χ0) is 22.5. The predicted octanol–water partition coefficient (Wildman–Crippen LogP) is 1.13. The lowest BCUT2D eigenvalue weighted by atomic mass is 10.1. The SMILES string of the molecule is CCN1CCN(CC(=O)N2CCNC(=O)[C@@H]2CC(=O)Nc2cccc3ccccc23)CC1. The molecule has 0 unspecified atom stereocenters. The van der Waals surface area contributed by atoms with E-state index in [-0.39, 0.29) is 30.7 Å². The number of piperazine rings is 2. The molecule has 2 fully saturated rings. The third-order valence-electron chi connectivity index (χ3n) is 6.36. The Morgan fingerprint density at radius 3 is 2.50 bits per heavy atom. The van der Waals surface area contributed by atoms with Crippen LogP contribution in [0.1, 0.15) is 13.3 Å². The van der Waals surface area contributed by atoms with Gasteiger partial charge < -0.3 is 20.4 Å². The number of anilines is 1. The van der Waals surface area contributed by atoms with Crippen molar-refractivity contribution in [1.82, 2.24) is 20.0 Å². The minimum Gasteiger partial charge on any atom is -0.353 e. The lowest BCUT2D eigenvalue weighted by molar-refractivity contribution is -0.145. The third-order valence-corrected chi connectivity index (χ3v) is 6.36. The van der Waals surface area contributed by atoms with Crippen molar-refractivity contribution in [3.63, 3.8) is 0 Å². The number of carbonyl (C=O) groups is 3. The minimum absolute atomic E-state index is 0.0651. The van der Waals surface area contributed by atoms with Gasteiger partial charge in [-0.3, -0.25) is 19.3 Å². The van der Waals surface area contributed by atoms with Gasteiger partial charge in [-0.1, -0.05) is 43.3 Å². The number of nitrogens with zero attached hydrogens (tertiary/aromatic N) is 3. The number of hydrogen-bond donors (Lipinski definition) is 2. The second-order valence-corrected chi connectivity index (χ2v) is 8.38. The van der Waals surface area contributed by atoms with Crippen molar-refractivity contribution in [1.29, 1.82) is 0 Å². The monoisotopic (exact) mass is 437 g/mol. The number of fused-ring (bicyclic) bond motifs is 1. The molecule has 2 saturated heterocycles. The van der Waals surface area contributed by atoms with Gasteiger partial charge in [0.1, 0.15) is 6.04 Å². The fourth-order valence-corrected chi connectivity index (χ4v) is 4.47. The second-order valence-electron chi connectivity index (χ2n) is 8.38. The van der Waals surface area contributed by atoms with Crippen molar-refractivity contribution in [2.75, 3.05) is 57.7 Å². The summed E-state index contributed by atoms with van der Waals surface area (Å²) >= 11 is 0. The molecule has 32 heavy (non-hydrogen) atoms. The molecule has 2 aromatic carbocycles. The van der Waals surface area contributed by atoms with Gasteiger partial charge in [0.2, 0.25) is 17.7 Å². The van der Waals surface area contributed by atoms with E-state index < -0.39 is 6.04 Å². The molecule has 3 amide bonds. The molecule has 2 aliphatic heterocycles. The highest BCUT2D eigenvalue weighted by Gasteiger charge is 2.35. The molecule has 0 saturated carbocycles. The first kappa shape index (κ1) is 22.2. The number of amides is 3. The first-order valence-electron chi connectivity index (χ1n) is 11.3. The van der Waals surface area contributed by atoms with Crippen LogP contribution in [0.25, 0.3) is 10.8 Å². The van der Waals surface area contributed by atoms with Crippen molar-refractivity contribution >= 4 is 34.2 Å². The fourth-order valence-electron chi connectivity index (χ4n) is 4.47. The summed E-state index contributed by atoms with van der Waals surface area (Å²) in [6, 6.07) is 12.7. The van der Waals surface area contributed by atoms with Gasteiger partial charge in [-0.2, -0.15) is 0 Å². The first-order valence-corrected chi connectivity index (χ1v) is 11.3. The van der Waals surface area contributed by atoms with Crippen LogP contribution in [0, 0.1) is 0 Å². The molecule has 0 radical (unpaired) electrons. The standard InChI is InChI=1S/C24H31N5O3/c1-2-27-12-14-28(15-13-27)17-23(31)29-11-10-25-24(32)21(29)16-22(30)26-20-9-5-7-18-6-3-4-8-19(18)20/h3-9,21H,2,10-17H2,1H3,(H,25,32)(H,26,30)/t21-/m0/s1. The lowest BCUT2D eigenvalue weighted by Gasteiger charge is -2.38. The highest BCUT2D eigenvalue weighted by molar-refractivity contribution is 6.04. The van der Waals surface area contributed by atoms with Crippen LogP contribution >= 0.6 is 0 Å². The van der Waals surface area contributed by atoms with E-state index in [0.717, 1.165) is 43.5 Å². The molecule has 2 N–H and O–H groups in total. The van der Waals surface area contributed by atoms with Gasteiger partial charge in [0.05, 0.1) is 13.0 Å². The second kappa shape index (κ2) is 10.1. The molecular weight excluding hydrogens is 406 g/mol. The van der Waals surface area contributed by atoms with Gasteiger partial charge in [-0.25, -0.2) is 0 Å². The van der Waals surface area contributed by atoms with Gasteiger partial charge in [0.15, 0.2) is 0 Å². The normalized spacial score (nSPS) is 20.2. The topological polar surface area (TPSA) is 85.0 Å². The van der Waals surface area contributed by atoms with Crippen molar-refractivity contribution in [3.8, 4) is 0 Å². The Morgan fingerprint density at radius 2 is 1.72 bits per heavy atom. The van der Waals surface area contributed by atoms with Crippen LogP contribution in [0.2, 0.25) is 0 Å². The van der Waals surface area contributed by atoms with Crippen LogP contribution in [0.4, 0.5) is 5.69 Å². The third kappa shape index (κ3) is 5.08. The minimum atomic E-state index is -0.789. The Kier molecular flexibility index (Phi) is 7.02. The van der Waals surface area contributed by atoms with Crippen molar-refractivity contribution in [3.05, 3.63) is 42.5 Å². The quantitative estimate of drug-likeness (QED) is 0.708. The molecule has 2 aromatic rings. The van der Waals surface area contributed by atoms with Crippen LogP contribution in [0.3, 0.4) is 0 Å². The highest BCUT2D eigenvalue weighted by Crippen LogP contribution is 2.23. The maximum Gasteiger partial charge on any atom is 0.243 e. The summed E-state index contributed by atoms with van der Waals surface area (Å²) < 4.78 is 0. The molecule has 2 heterocycles. The van der Waals surface area contributed by atoms with E-state index in [4.69, 9.17) is 0 Å². The predicted molar refractivity (Wildman–Crippen MR) is 124 cm³/mol. The highest BCUT2D eigenvalue weighted by atomic mass is 16.2. The molecule has 0 spiro atoms. The Labute approximate surface area is 188 Å². The van der Waals surface area contributed by atoms with Gasteiger partial charge in [-0.05, 0) is 18.0 Å². The maximum absolute atomic E-state index is 13.0. The molecular formula is C24H31N5O3. The fraction of sp³-hybridized carbons (Fsp3) is 0.458. The molecule has 4 rings (SSSR count). The van der Waals surface area contributed by atoms with E-state index in [1.807, 2.05) is 42.5 Å². The number of carbonyl (C=O) groups excluding carboxylic acids is 3. The van der Waals surface area contributed by atoms with Crippen LogP contribution in [0.5, 0.6) is 0 Å². The van der Waals surface area contributed by atoms with E-state index in [1.54, 1.807) is 4.90 Å². The number of likely N-dealkylation sites (N-methyl/N-ethyl adjacent to an activating group) is 1. The number of nitrogens with one attached hydrogen (secondary N) is 2. The molecule has 0 aliphatic carbocycles. The van der Waals surface area contributed by atoms with Gasteiger partial charge in [0.25, 0.3) is 0 Å². The van der Waals surface area contributed by atoms with Gasteiger partial charge >= 0.3 is 0 Å². The summed E-state index contributed by atoms with van der Waals surface area (Å²) in [6.07, 6.45) is -0.0651. The lowest BCUT2D eigenvalue weighted by Crippen LogP contribution is -2.60. The largest absolute Gasteiger partial charge is 0.353 e. The molecule has 2 aliphatic rings. The number of benzene rings is 2. The van der Waals surface area contributed by atoms with Crippen LogP contribution in [0.15, 0.2) is 42.5 Å². The van der Waals surface area contributed by atoms with Crippen molar-refractivity contribution in [2.24, 2.45) is 0 Å². The van der Waals surface area contributed by atoms with Crippen LogP contribution < -0.4 is 10.6 Å². The maximum atomic E-state index is 13.0.